The maximum Gasteiger partial charge on any atom is 0.410 e. The molecule has 1 aliphatic rings. The van der Waals surface area contributed by atoms with Gasteiger partial charge in [-0.25, -0.2) is 4.79 Å². The highest BCUT2D eigenvalue weighted by Crippen LogP contribution is 2.27. The van der Waals surface area contributed by atoms with Gasteiger partial charge in [-0.2, -0.15) is 0 Å². The molecule has 0 aliphatic carbocycles. The van der Waals surface area contributed by atoms with Gasteiger partial charge in [0.1, 0.15) is 5.60 Å². The van der Waals surface area contributed by atoms with Gasteiger partial charge in [0.2, 0.25) is 0 Å². The second-order valence-electron chi connectivity index (χ2n) is 6.73. The predicted molar refractivity (Wildman–Crippen MR) is 84.2 cm³/mol. The fraction of sp³-hybridized carbons (Fsp3) is 0.588. The summed E-state index contributed by atoms with van der Waals surface area (Å²) in [4.78, 5) is 14.0. The van der Waals surface area contributed by atoms with Crippen molar-refractivity contribution in [2.24, 2.45) is 5.73 Å². The van der Waals surface area contributed by atoms with Crippen LogP contribution in [-0.2, 0) is 4.74 Å². The van der Waals surface area contributed by atoms with Crippen molar-refractivity contribution in [2.45, 2.75) is 51.2 Å². The minimum Gasteiger partial charge on any atom is -0.444 e. The molecule has 1 aliphatic heterocycles. The summed E-state index contributed by atoms with van der Waals surface area (Å²) in [6.07, 6.45) is 1.45. The summed E-state index contributed by atoms with van der Waals surface area (Å²) in [5, 5.41) is 0. The van der Waals surface area contributed by atoms with Gasteiger partial charge < -0.3 is 15.4 Å². The molecule has 0 radical (unpaired) electrons. The minimum atomic E-state index is -0.454. The molecule has 1 saturated heterocycles. The zero-order chi connectivity index (χ0) is 15.5. The molecule has 0 spiro atoms. The highest BCUT2D eigenvalue weighted by Gasteiger charge is 2.29. The third-order valence-corrected chi connectivity index (χ3v) is 3.84. The van der Waals surface area contributed by atoms with Crippen LogP contribution in [0.2, 0.25) is 0 Å². The Balaban J connectivity index is 2.02. The van der Waals surface area contributed by atoms with E-state index in [2.05, 4.69) is 12.1 Å². The maximum absolute atomic E-state index is 12.2. The number of likely N-dealkylation sites (tertiary alicyclic amines) is 1. The maximum atomic E-state index is 12.2. The number of hydrogen-bond acceptors (Lipinski definition) is 3. The lowest BCUT2D eigenvalue weighted by molar-refractivity contribution is 0.0256. The molecule has 0 unspecified atom stereocenters. The molecule has 1 fully saturated rings. The molecule has 0 saturated carbocycles. The predicted octanol–water partition coefficient (Wildman–Crippen LogP) is 3.13. The van der Waals surface area contributed by atoms with E-state index >= 15 is 0 Å². The molecule has 4 nitrogen and oxygen atoms in total. The number of nitrogens with two attached hydrogens (primary N) is 1. The fourth-order valence-corrected chi connectivity index (χ4v) is 2.75. The van der Waals surface area contributed by atoms with Crippen LogP contribution >= 0.6 is 0 Å². The van der Waals surface area contributed by atoms with Crippen molar-refractivity contribution in [3.8, 4) is 0 Å². The summed E-state index contributed by atoms with van der Waals surface area (Å²) in [5.74, 6) is 0.304. The van der Waals surface area contributed by atoms with Crippen molar-refractivity contribution in [3.05, 3.63) is 35.9 Å². The summed E-state index contributed by atoms with van der Waals surface area (Å²) in [7, 11) is 0. The van der Waals surface area contributed by atoms with Gasteiger partial charge in [-0.1, -0.05) is 30.3 Å². The third-order valence-electron chi connectivity index (χ3n) is 3.84. The molecule has 0 bridgehead atoms. The lowest BCUT2D eigenvalue weighted by Crippen LogP contribution is -2.37. The van der Waals surface area contributed by atoms with E-state index in [9.17, 15) is 4.79 Å². The van der Waals surface area contributed by atoms with E-state index in [1.807, 2.05) is 39.0 Å². The van der Waals surface area contributed by atoms with Gasteiger partial charge in [0.25, 0.3) is 0 Å². The van der Waals surface area contributed by atoms with Crippen molar-refractivity contribution in [1.29, 1.82) is 0 Å². The van der Waals surface area contributed by atoms with Crippen LogP contribution in [0.25, 0.3) is 0 Å². The Bertz CT molecular complexity index is 467. The van der Waals surface area contributed by atoms with E-state index in [0.717, 1.165) is 12.8 Å². The molecule has 1 aromatic carbocycles. The topological polar surface area (TPSA) is 55.6 Å². The number of ether oxygens (including phenoxy) is 1. The van der Waals surface area contributed by atoms with Crippen LogP contribution in [0.4, 0.5) is 4.79 Å². The zero-order valence-corrected chi connectivity index (χ0v) is 13.2. The summed E-state index contributed by atoms with van der Waals surface area (Å²) in [6.45, 7) is 7.03. The van der Waals surface area contributed by atoms with Gasteiger partial charge in [-0.3, -0.25) is 0 Å². The van der Waals surface area contributed by atoms with E-state index in [1.54, 1.807) is 4.90 Å². The van der Waals surface area contributed by atoms with Crippen LogP contribution in [0.1, 0.15) is 45.1 Å². The van der Waals surface area contributed by atoms with E-state index in [1.165, 1.54) is 5.56 Å². The number of amides is 1. The first-order chi connectivity index (χ1) is 9.87. The minimum absolute atomic E-state index is 0.0832. The van der Waals surface area contributed by atoms with Crippen LogP contribution in [0.3, 0.4) is 0 Å². The van der Waals surface area contributed by atoms with Crippen molar-refractivity contribution < 1.29 is 9.53 Å². The number of benzene rings is 1. The molecule has 4 heteroatoms. The molecule has 2 N–H and O–H groups in total. The molecule has 116 valence electrons. The van der Waals surface area contributed by atoms with E-state index in [0.29, 0.717) is 19.0 Å². The Morgan fingerprint density at radius 2 is 1.81 bits per heavy atom. The lowest BCUT2D eigenvalue weighted by Gasteiger charge is -2.26. The van der Waals surface area contributed by atoms with Gasteiger partial charge in [0, 0.05) is 25.0 Å². The van der Waals surface area contributed by atoms with Crippen LogP contribution < -0.4 is 5.73 Å². The Kier molecular flexibility index (Phi) is 4.88. The Morgan fingerprint density at radius 1 is 1.19 bits per heavy atom. The standard InChI is InChI=1S/C17H26N2O2/c1-17(2,3)21-16(20)19-11-9-14(15(18)10-12-19)13-7-5-4-6-8-13/h4-8,14-15H,9-12,18H2,1-3H3/t14-,15-/m0/s1. The SMILES string of the molecule is CC(C)(C)OC(=O)N1CC[C@H](N)[C@H](c2ccccc2)CC1. The monoisotopic (exact) mass is 290 g/mol. The van der Waals surface area contributed by atoms with E-state index < -0.39 is 5.60 Å². The van der Waals surface area contributed by atoms with Gasteiger partial charge in [0.15, 0.2) is 0 Å². The summed E-state index contributed by atoms with van der Waals surface area (Å²) < 4.78 is 5.46. The average Bonchev–Trinajstić information content (AvgIpc) is 2.60. The summed E-state index contributed by atoms with van der Waals surface area (Å²) in [5.41, 5.74) is 7.13. The Labute approximate surface area is 127 Å². The highest BCUT2D eigenvalue weighted by atomic mass is 16.6. The van der Waals surface area contributed by atoms with Crippen LogP contribution in [-0.4, -0.2) is 35.7 Å². The van der Waals surface area contributed by atoms with Crippen molar-refractivity contribution in [1.82, 2.24) is 4.90 Å². The number of nitrogens with zero attached hydrogens (tertiary/aromatic N) is 1. The molecule has 1 amide bonds. The zero-order valence-electron chi connectivity index (χ0n) is 13.2. The Hall–Kier alpha value is -1.55. The summed E-state index contributed by atoms with van der Waals surface area (Å²) >= 11 is 0. The van der Waals surface area contributed by atoms with Crippen LogP contribution in [0, 0.1) is 0 Å². The highest BCUT2D eigenvalue weighted by molar-refractivity contribution is 5.68. The van der Waals surface area contributed by atoms with E-state index in [-0.39, 0.29) is 12.1 Å². The van der Waals surface area contributed by atoms with Gasteiger partial charge in [-0.05, 0) is 39.2 Å². The smallest absolute Gasteiger partial charge is 0.410 e. The fourth-order valence-electron chi connectivity index (χ4n) is 2.75. The molecule has 21 heavy (non-hydrogen) atoms. The third kappa shape index (κ3) is 4.46. The van der Waals surface area contributed by atoms with Crippen molar-refractivity contribution in [2.75, 3.05) is 13.1 Å². The van der Waals surface area contributed by atoms with Crippen LogP contribution in [0.15, 0.2) is 30.3 Å². The first-order valence-electron chi connectivity index (χ1n) is 7.65. The van der Waals surface area contributed by atoms with Crippen LogP contribution in [0.5, 0.6) is 0 Å². The first-order valence-corrected chi connectivity index (χ1v) is 7.65. The van der Waals surface area contributed by atoms with Gasteiger partial charge in [0.05, 0.1) is 0 Å². The second-order valence-corrected chi connectivity index (χ2v) is 6.73. The first kappa shape index (κ1) is 15.8. The Morgan fingerprint density at radius 3 is 2.43 bits per heavy atom. The molecular weight excluding hydrogens is 264 g/mol. The number of rotatable bonds is 1. The van der Waals surface area contributed by atoms with Crippen molar-refractivity contribution >= 4 is 6.09 Å². The van der Waals surface area contributed by atoms with Gasteiger partial charge >= 0.3 is 6.09 Å². The summed E-state index contributed by atoms with van der Waals surface area (Å²) in [6, 6.07) is 10.4. The number of hydrogen-bond donors (Lipinski definition) is 1. The molecule has 1 heterocycles. The van der Waals surface area contributed by atoms with Gasteiger partial charge in [-0.15, -0.1) is 0 Å². The molecule has 2 atom stereocenters. The normalized spacial score (nSPS) is 23.5. The number of carbonyl (C=O) groups is 1. The largest absolute Gasteiger partial charge is 0.444 e. The lowest BCUT2D eigenvalue weighted by atomic mass is 9.88. The number of carbonyl (C=O) groups excluding carboxylic acids is 1. The molecular formula is C17H26N2O2. The second kappa shape index (κ2) is 6.48. The average molecular weight is 290 g/mol. The quantitative estimate of drug-likeness (QED) is 0.864. The molecule has 0 aromatic heterocycles. The van der Waals surface area contributed by atoms with Crippen molar-refractivity contribution in [3.63, 3.8) is 0 Å². The molecule has 1 aromatic rings. The van der Waals surface area contributed by atoms with E-state index in [4.69, 9.17) is 10.5 Å². The molecule has 2 rings (SSSR count).